The van der Waals surface area contributed by atoms with Crippen molar-refractivity contribution < 1.29 is 22.0 Å². The van der Waals surface area contributed by atoms with Gasteiger partial charge in [0.15, 0.2) is 5.58 Å². The van der Waals surface area contributed by atoms with Crippen LogP contribution in [0.2, 0.25) is 0 Å². The molecule has 0 bridgehead atoms. The van der Waals surface area contributed by atoms with Gasteiger partial charge in [0.1, 0.15) is 5.69 Å². The molecule has 0 aliphatic heterocycles. The second-order valence-corrected chi connectivity index (χ2v) is 4.90. The number of H-pyrrole nitrogens is 1. The average Bonchev–Trinajstić information content (AvgIpc) is 2.86. The molecule has 3 aromatic rings. The van der Waals surface area contributed by atoms with E-state index < -0.39 is 29.4 Å². The number of fused-ring (bicyclic) bond motifs is 1. The second-order valence-electron chi connectivity index (χ2n) is 4.90. The lowest BCUT2D eigenvalue weighted by molar-refractivity contribution is 0.0124. The fraction of sp³-hybridized carbons (Fsp3) is 0.214. The molecule has 1 N–H and O–H groups in total. The SMILES string of the molecule is CC(F)(F)c1cnc(-c2ccc(C(F)F)c3[nH]c(=O)oc23)cn1. The van der Waals surface area contributed by atoms with Gasteiger partial charge in [-0.15, -0.1) is 0 Å². The third-order valence-corrected chi connectivity index (χ3v) is 3.22. The molecule has 23 heavy (non-hydrogen) atoms. The van der Waals surface area contributed by atoms with E-state index in [9.17, 15) is 22.4 Å². The third kappa shape index (κ3) is 2.69. The van der Waals surface area contributed by atoms with Crippen molar-refractivity contribution in [2.45, 2.75) is 19.3 Å². The number of aromatic amines is 1. The molecule has 2 aromatic heterocycles. The number of benzene rings is 1. The molecule has 0 fully saturated rings. The second kappa shape index (κ2) is 5.18. The van der Waals surface area contributed by atoms with Gasteiger partial charge in [-0.25, -0.2) is 13.6 Å². The van der Waals surface area contributed by atoms with E-state index >= 15 is 0 Å². The molecule has 2 heterocycles. The molecular formula is C14H9F4N3O2. The van der Waals surface area contributed by atoms with Gasteiger partial charge in [-0.3, -0.25) is 15.0 Å². The Morgan fingerprint density at radius 3 is 2.52 bits per heavy atom. The Morgan fingerprint density at radius 2 is 1.96 bits per heavy atom. The summed E-state index contributed by atoms with van der Waals surface area (Å²) in [5.74, 6) is -4.06. The average molecular weight is 327 g/mol. The van der Waals surface area contributed by atoms with Crippen LogP contribution in [-0.2, 0) is 5.92 Å². The first-order valence-electron chi connectivity index (χ1n) is 6.42. The Hall–Kier alpha value is -2.71. The van der Waals surface area contributed by atoms with Crippen molar-refractivity contribution in [1.29, 1.82) is 0 Å². The van der Waals surface area contributed by atoms with Gasteiger partial charge >= 0.3 is 5.76 Å². The highest BCUT2D eigenvalue weighted by Crippen LogP contribution is 2.33. The van der Waals surface area contributed by atoms with E-state index in [0.29, 0.717) is 6.92 Å². The van der Waals surface area contributed by atoms with Gasteiger partial charge in [-0.2, -0.15) is 8.78 Å². The van der Waals surface area contributed by atoms with E-state index in [-0.39, 0.29) is 22.4 Å². The number of nitrogens with one attached hydrogen (secondary N) is 1. The lowest BCUT2D eigenvalue weighted by Crippen LogP contribution is -2.10. The van der Waals surface area contributed by atoms with E-state index in [1.165, 1.54) is 6.07 Å². The highest BCUT2D eigenvalue weighted by Gasteiger charge is 2.27. The van der Waals surface area contributed by atoms with Crippen LogP contribution in [0.4, 0.5) is 17.6 Å². The fourth-order valence-corrected chi connectivity index (χ4v) is 2.13. The molecule has 120 valence electrons. The Kier molecular flexibility index (Phi) is 3.42. The molecule has 0 atom stereocenters. The van der Waals surface area contributed by atoms with Crippen molar-refractivity contribution in [1.82, 2.24) is 15.0 Å². The van der Waals surface area contributed by atoms with Crippen LogP contribution in [0.3, 0.4) is 0 Å². The van der Waals surface area contributed by atoms with Gasteiger partial charge < -0.3 is 4.42 Å². The first-order chi connectivity index (χ1) is 10.8. The summed E-state index contributed by atoms with van der Waals surface area (Å²) in [5.41, 5.74) is -0.906. The number of hydrogen-bond acceptors (Lipinski definition) is 4. The summed E-state index contributed by atoms with van der Waals surface area (Å²) < 4.78 is 57.1. The fourth-order valence-electron chi connectivity index (χ4n) is 2.13. The van der Waals surface area contributed by atoms with Gasteiger partial charge in [0.2, 0.25) is 0 Å². The molecule has 0 saturated heterocycles. The predicted octanol–water partition coefficient (Wildman–Crippen LogP) is 3.63. The van der Waals surface area contributed by atoms with Crippen molar-refractivity contribution >= 4 is 11.1 Å². The summed E-state index contributed by atoms with van der Waals surface area (Å²) in [4.78, 5) is 21.0. The molecule has 1 aromatic carbocycles. The lowest BCUT2D eigenvalue weighted by Gasteiger charge is -2.09. The van der Waals surface area contributed by atoms with Gasteiger partial charge in [-0.1, -0.05) is 6.07 Å². The third-order valence-electron chi connectivity index (χ3n) is 3.22. The molecule has 3 rings (SSSR count). The van der Waals surface area contributed by atoms with Crippen LogP contribution in [0.25, 0.3) is 22.4 Å². The highest BCUT2D eigenvalue weighted by atomic mass is 19.3. The summed E-state index contributed by atoms with van der Waals surface area (Å²) in [6.45, 7) is 0.678. The maximum atomic E-state index is 13.1. The molecule has 0 unspecified atom stereocenters. The van der Waals surface area contributed by atoms with Crippen molar-refractivity contribution in [3.63, 3.8) is 0 Å². The summed E-state index contributed by atoms with van der Waals surface area (Å²) >= 11 is 0. The maximum absolute atomic E-state index is 13.1. The molecule has 0 aliphatic carbocycles. The molecule has 0 saturated carbocycles. The van der Waals surface area contributed by atoms with Crippen LogP contribution in [0, 0.1) is 0 Å². The molecule has 0 radical (unpaired) electrons. The van der Waals surface area contributed by atoms with Crippen LogP contribution >= 0.6 is 0 Å². The van der Waals surface area contributed by atoms with Crippen molar-refractivity contribution in [2.75, 3.05) is 0 Å². The number of nitrogens with zero attached hydrogens (tertiary/aromatic N) is 2. The lowest BCUT2D eigenvalue weighted by atomic mass is 10.1. The quantitative estimate of drug-likeness (QED) is 0.746. The standard InChI is InChI=1S/C14H9F4N3O2/c1-14(17,18)9-5-19-8(4-20-9)6-2-3-7(12(15)16)10-11(6)23-13(22)21-10/h2-5,12H,1H3,(H,21,22). The van der Waals surface area contributed by atoms with Crippen molar-refractivity contribution in [3.05, 3.63) is 46.3 Å². The minimum absolute atomic E-state index is 0.117. The van der Waals surface area contributed by atoms with Gasteiger partial charge in [-0.05, 0) is 6.07 Å². The van der Waals surface area contributed by atoms with Crippen LogP contribution in [0.1, 0.15) is 24.6 Å². The minimum atomic E-state index is -3.15. The van der Waals surface area contributed by atoms with Crippen LogP contribution in [-0.4, -0.2) is 15.0 Å². The van der Waals surface area contributed by atoms with Crippen molar-refractivity contribution in [3.8, 4) is 11.3 Å². The minimum Gasteiger partial charge on any atom is -0.407 e. The topological polar surface area (TPSA) is 71.8 Å². The smallest absolute Gasteiger partial charge is 0.407 e. The Balaban J connectivity index is 2.17. The molecular weight excluding hydrogens is 318 g/mol. The monoisotopic (exact) mass is 327 g/mol. The Labute approximate surface area is 126 Å². The summed E-state index contributed by atoms with van der Waals surface area (Å²) in [5, 5.41) is 0. The number of oxazole rings is 1. The van der Waals surface area contributed by atoms with E-state index in [1.807, 2.05) is 0 Å². The summed E-state index contributed by atoms with van der Waals surface area (Å²) in [6, 6.07) is 2.38. The Morgan fingerprint density at radius 1 is 1.22 bits per heavy atom. The summed E-state index contributed by atoms with van der Waals surface area (Å²) in [6.07, 6.45) is -0.865. The predicted molar refractivity (Wildman–Crippen MR) is 72.4 cm³/mol. The number of aromatic nitrogens is 3. The number of halogens is 4. The van der Waals surface area contributed by atoms with Crippen LogP contribution in [0.15, 0.2) is 33.7 Å². The number of hydrogen-bond donors (Lipinski definition) is 1. The van der Waals surface area contributed by atoms with Gasteiger partial charge in [0.05, 0.1) is 23.6 Å². The van der Waals surface area contributed by atoms with E-state index in [4.69, 9.17) is 4.42 Å². The Bertz CT molecular complexity index is 910. The zero-order chi connectivity index (χ0) is 16.8. The molecule has 0 aliphatic rings. The van der Waals surface area contributed by atoms with Gasteiger partial charge in [0.25, 0.3) is 12.3 Å². The number of alkyl halides is 4. The van der Waals surface area contributed by atoms with Crippen LogP contribution in [0.5, 0.6) is 0 Å². The largest absolute Gasteiger partial charge is 0.417 e. The molecule has 9 heteroatoms. The van der Waals surface area contributed by atoms with E-state index in [0.717, 1.165) is 18.5 Å². The molecule has 0 amide bonds. The normalized spacial score (nSPS) is 12.3. The van der Waals surface area contributed by atoms with E-state index in [1.54, 1.807) is 0 Å². The highest BCUT2D eigenvalue weighted by molar-refractivity contribution is 5.90. The number of rotatable bonds is 3. The maximum Gasteiger partial charge on any atom is 0.417 e. The van der Waals surface area contributed by atoms with Crippen LogP contribution < -0.4 is 5.76 Å². The van der Waals surface area contributed by atoms with E-state index in [2.05, 4.69) is 15.0 Å². The first-order valence-corrected chi connectivity index (χ1v) is 6.42. The zero-order valence-corrected chi connectivity index (χ0v) is 11.6. The van der Waals surface area contributed by atoms with Gasteiger partial charge in [0, 0.05) is 18.1 Å². The molecule has 5 nitrogen and oxygen atoms in total. The first kappa shape index (κ1) is 15.2. The zero-order valence-electron chi connectivity index (χ0n) is 11.6. The van der Waals surface area contributed by atoms with Crippen molar-refractivity contribution in [2.24, 2.45) is 0 Å². The summed E-state index contributed by atoms with van der Waals surface area (Å²) in [7, 11) is 0. The molecule has 0 spiro atoms.